The normalized spacial score (nSPS) is 16.3. The first-order chi connectivity index (χ1) is 12.1. The van der Waals surface area contributed by atoms with Gasteiger partial charge in [0.2, 0.25) is 0 Å². The number of nitrogens with one attached hydrogen (secondary N) is 3. The van der Waals surface area contributed by atoms with Gasteiger partial charge < -0.3 is 14.6 Å². The molecule has 0 bridgehead atoms. The highest BCUT2D eigenvalue weighted by atomic mass is 19.1. The highest BCUT2D eigenvalue weighted by Crippen LogP contribution is 2.18. The van der Waals surface area contributed by atoms with Gasteiger partial charge >= 0.3 is 5.69 Å². The predicted octanol–water partition coefficient (Wildman–Crippen LogP) is 0.226. The van der Waals surface area contributed by atoms with E-state index in [0.29, 0.717) is 31.1 Å². The molecule has 0 saturated heterocycles. The van der Waals surface area contributed by atoms with E-state index in [-0.39, 0.29) is 5.69 Å². The lowest BCUT2D eigenvalue weighted by Crippen LogP contribution is -3.11. The molecule has 3 aromatic rings. The van der Waals surface area contributed by atoms with Crippen LogP contribution in [-0.2, 0) is 13.1 Å². The lowest BCUT2D eigenvalue weighted by atomic mass is 10.2. The van der Waals surface area contributed by atoms with Crippen LogP contribution in [-0.4, -0.2) is 16.2 Å². The Morgan fingerprint density at radius 1 is 1.20 bits per heavy atom. The van der Waals surface area contributed by atoms with Crippen LogP contribution in [0.15, 0.2) is 56.7 Å². The van der Waals surface area contributed by atoms with Crippen LogP contribution >= 0.6 is 0 Å². The van der Waals surface area contributed by atoms with Crippen molar-refractivity contribution in [3.05, 3.63) is 80.6 Å². The smallest absolute Gasteiger partial charge is 0.334 e. The summed E-state index contributed by atoms with van der Waals surface area (Å²) in [5.74, 6) is 0.604. The van der Waals surface area contributed by atoms with Gasteiger partial charge in [0.1, 0.15) is 30.3 Å². The SMILES string of the molecule is O=c1[nH]c(=O)n(-c2ccccc2F)c2c1C[NH+](Cc1ccco1)CN2. The van der Waals surface area contributed by atoms with Crippen molar-refractivity contribution in [3.8, 4) is 5.69 Å². The average Bonchev–Trinajstić information content (AvgIpc) is 3.10. The van der Waals surface area contributed by atoms with Crippen molar-refractivity contribution in [1.82, 2.24) is 9.55 Å². The molecule has 4 rings (SSSR count). The Labute approximate surface area is 141 Å². The van der Waals surface area contributed by atoms with Crippen LogP contribution in [0.4, 0.5) is 10.2 Å². The molecule has 0 radical (unpaired) electrons. The molecule has 2 aromatic heterocycles. The minimum atomic E-state index is -0.671. The Morgan fingerprint density at radius 2 is 2.04 bits per heavy atom. The molecule has 7 nitrogen and oxygen atoms in total. The number of benzene rings is 1. The number of aromatic amines is 1. The van der Waals surface area contributed by atoms with Gasteiger partial charge in [0.05, 0.1) is 12.0 Å². The number of hydrogen-bond acceptors (Lipinski definition) is 4. The lowest BCUT2D eigenvalue weighted by molar-refractivity contribution is -0.926. The summed E-state index contributed by atoms with van der Waals surface area (Å²) in [4.78, 5) is 27.9. The summed E-state index contributed by atoms with van der Waals surface area (Å²) in [7, 11) is 0. The fourth-order valence-electron chi connectivity index (χ4n) is 3.09. The maximum Gasteiger partial charge on any atom is 0.334 e. The number of halogens is 1. The molecule has 0 fully saturated rings. The number of furan rings is 1. The quantitative estimate of drug-likeness (QED) is 0.635. The van der Waals surface area contributed by atoms with Crippen molar-refractivity contribution in [2.24, 2.45) is 0 Å². The van der Waals surface area contributed by atoms with E-state index in [1.54, 1.807) is 18.4 Å². The van der Waals surface area contributed by atoms with E-state index in [1.807, 2.05) is 12.1 Å². The largest absolute Gasteiger partial charge is 0.463 e. The summed E-state index contributed by atoms with van der Waals surface area (Å²) < 4.78 is 20.7. The molecule has 1 unspecified atom stereocenters. The first kappa shape index (κ1) is 15.4. The monoisotopic (exact) mass is 343 g/mol. The number of nitrogens with zero attached hydrogens (tertiary/aromatic N) is 1. The number of quaternary nitrogens is 1. The fraction of sp³-hybridized carbons (Fsp3) is 0.176. The third-order valence-electron chi connectivity index (χ3n) is 4.24. The molecule has 8 heteroatoms. The molecule has 25 heavy (non-hydrogen) atoms. The van der Waals surface area contributed by atoms with Crippen molar-refractivity contribution in [3.63, 3.8) is 0 Å². The van der Waals surface area contributed by atoms with Gasteiger partial charge in [-0.25, -0.2) is 13.8 Å². The molecule has 1 atom stereocenters. The number of fused-ring (bicyclic) bond motifs is 1. The van der Waals surface area contributed by atoms with Crippen molar-refractivity contribution in [2.45, 2.75) is 13.1 Å². The Kier molecular flexibility index (Phi) is 3.73. The third-order valence-corrected chi connectivity index (χ3v) is 4.24. The van der Waals surface area contributed by atoms with Gasteiger partial charge in [-0.15, -0.1) is 0 Å². The van der Waals surface area contributed by atoms with E-state index >= 15 is 0 Å². The number of aromatic nitrogens is 2. The summed E-state index contributed by atoms with van der Waals surface area (Å²) in [5.41, 5.74) is -0.620. The number of rotatable bonds is 3. The molecule has 0 amide bonds. The molecular weight excluding hydrogens is 327 g/mol. The average molecular weight is 343 g/mol. The van der Waals surface area contributed by atoms with Crippen LogP contribution < -0.4 is 21.5 Å². The summed E-state index contributed by atoms with van der Waals surface area (Å²) in [6.07, 6.45) is 1.60. The summed E-state index contributed by atoms with van der Waals surface area (Å²) in [6, 6.07) is 9.63. The maximum atomic E-state index is 14.2. The van der Waals surface area contributed by atoms with Crippen molar-refractivity contribution >= 4 is 5.82 Å². The topological polar surface area (TPSA) is 84.5 Å². The van der Waals surface area contributed by atoms with Crippen molar-refractivity contribution in [1.29, 1.82) is 0 Å². The standard InChI is InChI=1S/C17H15FN4O3/c18-13-5-1-2-6-14(13)22-15-12(16(23)20-17(22)24)9-21(10-19-15)8-11-4-3-7-25-11/h1-7,19H,8-10H2,(H,20,23,24)/p+1. The van der Waals surface area contributed by atoms with E-state index < -0.39 is 17.1 Å². The zero-order valence-electron chi connectivity index (χ0n) is 13.2. The number of H-pyrrole nitrogens is 1. The second-order valence-electron chi connectivity index (χ2n) is 5.91. The van der Waals surface area contributed by atoms with E-state index in [0.717, 1.165) is 10.7 Å². The van der Waals surface area contributed by atoms with Gasteiger partial charge in [-0.1, -0.05) is 12.1 Å². The van der Waals surface area contributed by atoms with Crippen LogP contribution in [0.25, 0.3) is 5.69 Å². The Balaban J connectivity index is 1.77. The van der Waals surface area contributed by atoms with Gasteiger partial charge in [-0.2, -0.15) is 0 Å². The Bertz CT molecular complexity index is 1020. The highest BCUT2D eigenvalue weighted by Gasteiger charge is 2.27. The molecule has 1 aromatic carbocycles. The number of anilines is 1. The highest BCUT2D eigenvalue weighted by molar-refractivity contribution is 5.51. The summed E-state index contributed by atoms with van der Waals surface area (Å²) in [5, 5.41) is 3.10. The number of hydrogen-bond donors (Lipinski definition) is 3. The molecule has 0 saturated carbocycles. The lowest BCUT2D eigenvalue weighted by Gasteiger charge is -2.27. The number of para-hydroxylation sites is 1. The van der Waals surface area contributed by atoms with Gasteiger partial charge in [-0.05, 0) is 24.3 Å². The van der Waals surface area contributed by atoms with E-state index in [1.165, 1.54) is 16.7 Å². The molecule has 3 heterocycles. The molecule has 0 aliphatic carbocycles. The van der Waals surface area contributed by atoms with Gasteiger partial charge in [0, 0.05) is 0 Å². The van der Waals surface area contributed by atoms with E-state index in [2.05, 4.69) is 10.3 Å². The fourth-order valence-corrected chi connectivity index (χ4v) is 3.09. The zero-order valence-corrected chi connectivity index (χ0v) is 13.2. The van der Waals surface area contributed by atoms with Gasteiger partial charge in [-0.3, -0.25) is 9.78 Å². The second-order valence-corrected chi connectivity index (χ2v) is 5.91. The first-order valence-electron chi connectivity index (χ1n) is 7.86. The third kappa shape index (κ3) is 2.76. The maximum absolute atomic E-state index is 14.2. The Hall–Kier alpha value is -3.13. The van der Waals surface area contributed by atoms with Crippen LogP contribution in [0.3, 0.4) is 0 Å². The van der Waals surface area contributed by atoms with Crippen LogP contribution in [0.1, 0.15) is 11.3 Å². The van der Waals surface area contributed by atoms with Crippen molar-refractivity contribution in [2.75, 3.05) is 12.0 Å². The molecular formula is C17H16FN4O3+. The Morgan fingerprint density at radius 3 is 2.80 bits per heavy atom. The second kappa shape index (κ2) is 6.06. The summed E-state index contributed by atoms with van der Waals surface area (Å²) >= 11 is 0. The summed E-state index contributed by atoms with van der Waals surface area (Å²) in [6.45, 7) is 1.47. The van der Waals surface area contributed by atoms with Gasteiger partial charge in [0.25, 0.3) is 5.56 Å². The molecule has 0 spiro atoms. The van der Waals surface area contributed by atoms with Crippen LogP contribution in [0.2, 0.25) is 0 Å². The van der Waals surface area contributed by atoms with E-state index in [9.17, 15) is 14.0 Å². The molecule has 1 aliphatic rings. The van der Waals surface area contributed by atoms with Gasteiger partial charge in [0.15, 0.2) is 12.4 Å². The minimum Gasteiger partial charge on any atom is -0.463 e. The predicted molar refractivity (Wildman–Crippen MR) is 88.2 cm³/mol. The van der Waals surface area contributed by atoms with Crippen molar-refractivity contribution < 1.29 is 13.7 Å². The zero-order chi connectivity index (χ0) is 17.4. The molecule has 3 N–H and O–H groups in total. The van der Waals surface area contributed by atoms with E-state index in [4.69, 9.17) is 4.42 Å². The first-order valence-corrected chi connectivity index (χ1v) is 7.86. The minimum absolute atomic E-state index is 0.0991. The van der Waals surface area contributed by atoms with Crippen LogP contribution in [0.5, 0.6) is 0 Å². The molecule has 128 valence electrons. The van der Waals surface area contributed by atoms with Crippen LogP contribution in [0, 0.1) is 5.82 Å². The molecule has 1 aliphatic heterocycles.